The predicted octanol–water partition coefficient (Wildman–Crippen LogP) is 2.65. The number of carbonyl (C=O) groups is 1. The Balaban J connectivity index is 1.47. The topological polar surface area (TPSA) is 44.4 Å². The fraction of sp³-hybridized carbons (Fsp3) is 0.316. The van der Waals surface area contributed by atoms with E-state index in [0.717, 1.165) is 37.3 Å². The van der Waals surface area contributed by atoms with Crippen LogP contribution in [0.15, 0.2) is 42.5 Å². The number of hydrogen-bond donors (Lipinski definition) is 2. The molecular weight excluding hydrogens is 286 g/mol. The molecule has 2 aliphatic heterocycles. The minimum absolute atomic E-state index is 0.0327. The number of benzene rings is 2. The van der Waals surface area contributed by atoms with Crippen molar-refractivity contribution in [3.63, 3.8) is 0 Å². The fourth-order valence-corrected chi connectivity index (χ4v) is 3.46. The summed E-state index contributed by atoms with van der Waals surface area (Å²) in [6.45, 7) is 2.05. The Morgan fingerprint density at radius 1 is 1.17 bits per heavy atom. The number of amides is 1. The van der Waals surface area contributed by atoms with Crippen molar-refractivity contribution in [2.45, 2.75) is 25.4 Å². The second-order valence-electron chi connectivity index (χ2n) is 6.52. The van der Waals surface area contributed by atoms with E-state index in [2.05, 4.69) is 40.8 Å². The molecule has 0 spiro atoms. The number of hydrogen-bond acceptors (Lipinski definition) is 3. The summed E-state index contributed by atoms with van der Waals surface area (Å²) >= 11 is 0. The summed E-state index contributed by atoms with van der Waals surface area (Å²) < 4.78 is 0. The molecule has 1 unspecified atom stereocenters. The SMILES string of the molecule is CN1CCc2ccc(NC(=O)C3Cc4ccccc4N3)cc2C1. The molecule has 4 nitrogen and oxygen atoms in total. The molecule has 0 saturated heterocycles. The molecule has 4 heteroatoms. The van der Waals surface area contributed by atoms with E-state index in [9.17, 15) is 4.79 Å². The molecule has 1 amide bonds. The van der Waals surface area contributed by atoms with Crippen LogP contribution in [-0.4, -0.2) is 30.4 Å². The summed E-state index contributed by atoms with van der Waals surface area (Å²) in [6, 6.07) is 14.2. The Hall–Kier alpha value is -2.33. The first-order valence-corrected chi connectivity index (χ1v) is 8.15. The lowest BCUT2D eigenvalue weighted by Gasteiger charge is -2.25. The van der Waals surface area contributed by atoms with Gasteiger partial charge in [-0.2, -0.15) is 0 Å². The molecule has 1 atom stereocenters. The molecule has 0 radical (unpaired) electrons. The number of likely N-dealkylation sites (N-methyl/N-ethyl adjacent to an activating group) is 1. The molecule has 0 aromatic heterocycles. The number of nitrogens with zero attached hydrogens (tertiary/aromatic N) is 1. The van der Waals surface area contributed by atoms with Crippen LogP contribution in [-0.2, 0) is 24.2 Å². The van der Waals surface area contributed by atoms with E-state index in [1.54, 1.807) is 0 Å². The van der Waals surface area contributed by atoms with E-state index >= 15 is 0 Å². The molecule has 0 saturated carbocycles. The maximum absolute atomic E-state index is 12.5. The van der Waals surface area contributed by atoms with Crippen LogP contribution in [0.25, 0.3) is 0 Å². The molecule has 2 aliphatic rings. The molecule has 2 aromatic carbocycles. The maximum atomic E-state index is 12.5. The normalized spacial score (nSPS) is 19.6. The van der Waals surface area contributed by atoms with Crippen molar-refractivity contribution >= 4 is 17.3 Å². The van der Waals surface area contributed by atoms with Crippen LogP contribution >= 0.6 is 0 Å². The van der Waals surface area contributed by atoms with Gasteiger partial charge in [-0.25, -0.2) is 0 Å². The minimum Gasteiger partial charge on any atom is -0.373 e. The van der Waals surface area contributed by atoms with Crippen LogP contribution in [0.4, 0.5) is 11.4 Å². The third-order valence-electron chi connectivity index (χ3n) is 4.76. The van der Waals surface area contributed by atoms with Gasteiger partial charge in [0.1, 0.15) is 6.04 Å². The molecule has 0 bridgehead atoms. The highest BCUT2D eigenvalue weighted by Gasteiger charge is 2.26. The standard InChI is InChI=1S/C19H21N3O/c1-22-9-8-13-6-7-16(10-15(13)12-22)20-19(23)18-11-14-4-2-3-5-17(14)21-18/h2-7,10,18,21H,8-9,11-12H2,1H3,(H,20,23). The minimum atomic E-state index is -0.189. The molecular formula is C19H21N3O. The van der Waals surface area contributed by atoms with E-state index in [-0.39, 0.29) is 11.9 Å². The van der Waals surface area contributed by atoms with Crippen LogP contribution in [0.3, 0.4) is 0 Å². The molecule has 2 aromatic rings. The smallest absolute Gasteiger partial charge is 0.247 e. The highest BCUT2D eigenvalue weighted by Crippen LogP contribution is 2.26. The summed E-state index contributed by atoms with van der Waals surface area (Å²) in [7, 11) is 2.13. The Kier molecular flexibility index (Phi) is 3.54. The quantitative estimate of drug-likeness (QED) is 0.896. The number of carbonyl (C=O) groups excluding carboxylic acids is 1. The van der Waals surface area contributed by atoms with Crippen molar-refractivity contribution in [1.29, 1.82) is 0 Å². The first-order chi connectivity index (χ1) is 11.2. The first-order valence-electron chi connectivity index (χ1n) is 8.15. The first kappa shape index (κ1) is 14.3. The van der Waals surface area contributed by atoms with Crippen molar-refractivity contribution in [2.24, 2.45) is 0 Å². The highest BCUT2D eigenvalue weighted by atomic mass is 16.2. The molecule has 2 N–H and O–H groups in total. The van der Waals surface area contributed by atoms with E-state index in [4.69, 9.17) is 0 Å². The van der Waals surface area contributed by atoms with Crippen LogP contribution in [0.1, 0.15) is 16.7 Å². The summed E-state index contributed by atoms with van der Waals surface area (Å²) in [4.78, 5) is 14.8. The van der Waals surface area contributed by atoms with E-state index in [0.29, 0.717) is 0 Å². The molecule has 23 heavy (non-hydrogen) atoms. The van der Waals surface area contributed by atoms with Gasteiger partial charge in [0.25, 0.3) is 0 Å². The van der Waals surface area contributed by atoms with Gasteiger partial charge >= 0.3 is 0 Å². The zero-order valence-corrected chi connectivity index (χ0v) is 13.3. The Morgan fingerprint density at radius 2 is 2.04 bits per heavy atom. The number of para-hydroxylation sites is 1. The van der Waals surface area contributed by atoms with Crippen molar-refractivity contribution in [2.75, 3.05) is 24.2 Å². The zero-order chi connectivity index (χ0) is 15.8. The number of nitrogens with one attached hydrogen (secondary N) is 2. The zero-order valence-electron chi connectivity index (χ0n) is 13.3. The van der Waals surface area contributed by atoms with Gasteiger partial charge in [-0.15, -0.1) is 0 Å². The molecule has 4 rings (SSSR count). The Bertz CT molecular complexity index is 731. The fourth-order valence-electron chi connectivity index (χ4n) is 3.46. The summed E-state index contributed by atoms with van der Waals surface area (Å²) in [5.41, 5.74) is 5.88. The Labute approximate surface area is 136 Å². The second-order valence-corrected chi connectivity index (χ2v) is 6.52. The molecule has 0 fully saturated rings. The van der Waals surface area contributed by atoms with Crippen LogP contribution in [0.2, 0.25) is 0 Å². The summed E-state index contributed by atoms with van der Waals surface area (Å²) in [6.07, 6.45) is 1.83. The molecule has 118 valence electrons. The van der Waals surface area contributed by atoms with Gasteiger partial charge in [-0.1, -0.05) is 24.3 Å². The lowest BCUT2D eigenvalue weighted by molar-refractivity contribution is -0.116. The van der Waals surface area contributed by atoms with Crippen LogP contribution < -0.4 is 10.6 Å². The number of fused-ring (bicyclic) bond motifs is 2. The second kappa shape index (κ2) is 5.70. The van der Waals surface area contributed by atoms with Gasteiger partial charge in [0.15, 0.2) is 0 Å². The van der Waals surface area contributed by atoms with Gasteiger partial charge < -0.3 is 15.5 Å². The van der Waals surface area contributed by atoms with Crippen LogP contribution in [0.5, 0.6) is 0 Å². The van der Waals surface area contributed by atoms with E-state index < -0.39 is 0 Å². The molecule has 0 aliphatic carbocycles. The third kappa shape index (κ3) is 2.82. The van der Waals surface area contributed by atoms with Crippen molar-refractivity contribution in [3.8, 4) is 0 Å². The summed E-state index contributed by atoms with van der Waals surface area (Å²) in [5, 5.41) is 6.37. The number of rotatable bonds is 2. The van der Waals surface area contributed by atoms with Crippen molar-refractivity contribution in [1.82, 2.24) is 4.90 Å². The monoisotopic (exact) mass is 307 g/mol. The van der Waals surface area contributed by atoms with Crippen molar-refractivity contribution in [3.05, 3.63) is 59.2 Å². The van der Waals surface area contributed by atoms with E-state index in [1.165, 1.54) is 16.7 Å². The summed E-state index contributed by atoms with van der Waals surface area (Å²) in [5.74, 6) is 0.0327. The largest absolute Gasteiger partial charge is 0.373 e. The van der Waals surface area contributed by atoms with Gasteiger partial charge in [0.2, 0.25) is 5.91 Å². The van der Waals surface area contributed by atoms with Gasteiger partial charge in [0.05, 0.1) is 0 Å². The lowest BCUT2D eigenvalue weighted by atomic mass is 9.99. The third-order valence-corrected chi connectivity index (χ3v) is 4.76. The molecule has 2 heterocycles. The maximum Gasteiger partial charge on any atom is 0.247 e. The van der Waals surface area contributed by atoms with Crippen LogP contribution in [0, 0.1) is 0 Å². The highest BCUT2D eigenvalue weighted by molar-refractivity contribution is 5.98. The van der Waals surface area contributed by atoms with Gasteiger partial charge in [-0.05, 0) is 48.4 Å². The average molecular weight is 307 g/mol. The Morgan fingerprint density at radius 3 is 2.91 bits per heavy atom. The van der Waals surface area contributed by atoms with Gasteiger partial charge in [0, 0.05) is 30.9 Å². The van der Waals surface area contributed by atoms with E-state index in [1.807, 2.05) is 24.3 Å². The van der Waals surface area contributed by atoms with Crippen molar-refractivity contribution < 1.29 is 4.79 Å². The average Bonchev–Trinajstić information content (AvgIpc) is 2.98. The lowest BCUT2D eigenvalue weighted by Crippen LogP contribution is -2.33. The predicted molar refractivity (Wildman–Crippen MR) is 92.7 cm³/mol. The van der Waals surface area contributed by atoms with Gasteiger partial charge in [-0.3, -0.25) is 4.79 Å². The number of anilines is 2.